The third-order valence-corrected chi connectivity index (χ3v) is 4.98. The fourth-order valence-corrected chi connectivity index (χ4v) is 3.47. The van der Waals surface area contributed by atoms with Gasteiger partial charge in [-0.25, -0.2) is 19.2 Å². The topological polar surface area (TPSA) is 103 Å². The summed E-state index contributed by atoms with van der Waals surface area (Å²) in [5.41, 5.74) is 4.20. The van der Waals surface area contributed by atoms with E-state index in [0.29, 0.717) is 24.3 Å². The number of rotatable bonds is 5. The fourth-order valence-electron chi connectivity index (χ4n) is 3.11. The van der Waals surface area contributed by atoms with Crippen LogP contribution in [0.25, 0.3) is 11.5 Å². The van der Waals surface area contributed by atoms with E-state index in [4.69, 9.17) is 0 Å². The zero-order chi connectivity index (χ0) is 19.7. The number of carbonyl (C=O) groups excluding carboxylic acids is 1. The molecule has 0 saturated carbocycles. The SMILES string of the molecule is Cc1nc2ncnn2c(C)c1CCC(=O)Nc1cc(Br)ccc1-n1cncn1. The highest BCUT2D eigenvalue weighted by atomic mass is 79.9. The first kappa shape index (κ1) is 18.2. The van der Waals surface area contributed by atoms with Crippen LogP contribution in [0.1, 0.15) is 23.4 Å². The van der Waals surface area contributed by atoms with E-state index in [1.165, 1.54) is 12.7 Å². The van der Waals surface area contributed by atoms with E-state index in [2.05, 4.69) is 46.4 Å². The second-order valence-electron chi connectivity index (χ2n) is 6.28. The summed E-state index contributed by atoms with van der Waals surface area (Å²) >= 11 is 3.44. The molecule has 0 radical (unpaired) electrons. The van der Waals surface area contributed by atoms with Crippen molar-refractivity contribution in [2.75, 3.05) is 5.32 Å². The number of carbonyl (C=O) groups is 1. The molecule has 142 valence electrons. The van der Waals surface area contributed by atoms with Crippen molar-refractivity contribution in [3.63, 3.8) is 0 Å². The highest BCUT2D eigenvalue weighted by molar-refractivity contribution is 9.10. The van der Waals surface area contributed by atoms with Crippen LogP contribution in [0.15, 0.2) is 41.7 Å². The van der Waals surface area contributed by atoms with Crippen molar-refractivity contribution in [2.45, 2.75) is 26.7 Å². The maximum Gasteiger partial charge on any atom is 0.252 e. The molecule has 0 aliphatic heterocycles. The number of amides is 1. The Morgan fingerprint density at radius 3 is 2.86 bits per heavy atom. The minimum atomic E-state index is -0.100. The van der Waals surface area contributed by atoms with Crippen LogP contribution in [0.5, 0.6) is 0 Å². The third-order valence-electron chi connectivity index (χ3n) is 4.49. The molecule has 9 nitrogen and oxygen atoms in total. The summed E-state index contributed by atoms with van der Waals surface area (Å²) in [5.74, 6) is 0.465. The number of nitrogens with one attached hydrogen (secondary N) is 1. The molecule has 0 fully saturated rings. The molecule has 3 heterocycles. The molecule has 1 amide bonds. The maximum atomic E-state index is 12.6. The first-order chi connectivity index (χ1) is 13.5. The van der Waals surface area contributed by atoms with E-state index in [0.717, 1.165) is 27.1 Å². The Bertz CT molecular complexity index is 1150. The monoisotopic (exact) mass is 440 g/mol. The Kier molecular flexibility index (Phi) is 4.86. The van der Waals surface area contributed by atoms with Crippen LogP contribution in [-0.4, -0.2) is 40.3 Å². The molecular formula is C18H17BrN8O. The molecule has 28 heavy (non-hydrogen) atoms. The van der Waals surface area contributed by atoms with Crippen LogP contribution >= 0.6 is 15.9 Å². The second-order valence-corrected chi connectivity index (χ2v) is 7.20. The molecule has 0 aliphatic rings. The van der Waals surface area contributed by atoms with Gasteiger partial charge in [-0.1, -0.05) is 15.9 Å². The van der Waals surface area contributed by atoms with Crippen LogP contribution in [0.2, 0.25) is 0 Å². The van der Waals surface area contributed by atoms with Crippen molar-refractivity contribution in [3.05, 3.63) is 58.6 Å². The van der Waals surface area contributed by atoms with E-state index in [-0.39, 0.29) is 5.91 Å². The van der Waals surface area contributed by atoms with Gasteiger partial charge in [-0.15, -0.1) is 0 Å². The van der Waals surface area contributed by atoms with Gasteiger partial charge in [0.25, 0.3) is 5.78 Å². The molecule has 0 unspecified atom stereocenters. The van der Waals surface area contributed by atoms with E-state index in [1.54, 1.807) is 15.5 Å². The van der Waals surface area contributed by atoms with Gasteiger partial charge in [0.1, 0.15) is 19.0 Å². The predicted molar refractivity (Wildman–Crippen MR) is 106 cm³/mol. The lowest BCUT2D eigenvalue weighted by Gasteiger charge is -2.13. The van der Waals surface area contributed by atoms with E-state index >= 15 is 0 Å². The van der Waals surface area contributed by atoms with Crippen molar-refractivity contribution in [1.82, 2.24) is 34.3 Å². The third kappa shape index (κ3) is 3.50. The van der Waals surface area contributed by atoms with Crippen LogP contribution in [0.3, 0.4) is 0 Å². The molecule has 0 atom stereocenters. The standard InChI is InChI=1S/C18H17BrN8O/c1-11-14(12(2)27-18(24-11)21-9-23-27)4-6-17(28)25-15-7-13(19)3-5-16(15)26-10-20-8-22-26/h3,5,7-10H,4,6H2,1-2H3,(H,25,28). The van der Waals surface area contributed by atoms with Gasteiger partial charge in [-0.05, 0) is 44.0 Å². The van der Waals surface area contributed by atoms with Gasteiger partial charge in [0.2, 0.25) is 5.91 Å². The van der Waals surface area contributed by atoms with Crippen LogP contribution in [-0.2, 0) is 11.2 Å². The largest absolute Gasteiger partial charge is 0.324 e. The summed E-state index contributed by atoms with van der Waals surface area (Å²) in [4.78, 5) is 25.2. The van der Waals surface area contributed by atoms with Gasteiger partial charge >= 0.3 is 0 Å². The molecule has 0 spiro atoms. The number of benzene rings is 1. The van der Waals surface area contributed by atoms with E-state index in [1.807, 2.05) is 32.0 Å². The summed E-state index contributed by atoms with van der Waals surface area (Å²) < 4.78 is 4.16. The molecule has 0 aliphatic carbocycles. The van der Waals surface area contributed by atoms with Gasteiger partial charge in [-0.2, -0.15) is 15.2 Å². The zero-order valence-electron chi connectivity index (χ0n) is 15.3. The molecule has 4 aromatic rings. The average Bonchev–Trinajstić information content (AvgIpc) is 3.33. The molecule has 0 bridgehead atoms. The Morgan fingerprint density at radius 2 is 2.07 bits per heavy atom. The van der Waals surface area contributed by atoms with Crippen molar-refractivity contribution >= 4 is 33.3 Å². The number of hydrogen-bond acceptors (Lipinski definition) is 6. The quantitative estimate of drug-likeness (QED) is 0.511. The lowest BCUT2D eigenvalue weighted by molar-refractivity contribution is -0.116. The van der Waals surface area contributed by atoms with Gasteiger partial charge in [0.05, 0.1) is 11.4 Å². The van der Waals surface area contributed by atoms with Crippen LogP contribution in [0, 0.1) is 13.8 Å². The maximum absolute atomic E-state index is 12.6. The Hall–Kier alpha value is -3.14. The lowest BCUT2D eigenvalue weighted by Crippen LogP contribution is -2.16. The fraction of sp³-hybridized carbons (Fsp3) is 0.222. The van der Waals surface area contributed by atoms with Crippen molar-refractivity contribution < 1.29 is 4.79 Å². The molecule has 3 aromatic heterocycles. The van der Waals surface area contributed by atoms with Gasteiger partial charge in [0.15, 0.2) is 0 Å². The van der Waals surface area contributed by atoms with E-state index in [9.17, 15) is 4.79 Å². The van der Waals surface area contributed by atoms with Gasteiger partial charge < -0.3 is 5.32 Å². The number of anilines is 1. The zero-order valence-corrected chi connectivity index (χ0v) is 16.9. The van der Waals surface area contributed by atoms with Gasteiger partial charge in [0, 0.05) is 22.3 Å². The number of halogens is 1. The summed E-state index contributed by atoms with van der Waals surface area (Å²) in [5, 5.41) is 11.3. The highest BCUT2D eigenvalue weighted by Gasteiger charge is 2.14. The molecule has 1 aromatic carbocycles. The first-order valence-corrected chi connectivity index (χ1v) is 9.42. The summed E-state index contributed by atoms with van der Waals surface area (Å²) in [6.07, 6.45) is 5.38. The van der Waals surface area contributed by atoms with E-state index < -0.39 is 0 Å². The second kappa shape index (κ2) is 7.47. The number of nitrogens with zero attached hydrogens (tertiary/aromatic N) is 7. The van der Waals surface area contributed by atoms with Crippen LogP contribution in [0.4, 0.5) is 5.69 Å². The normalized spacial score (nSPS) is 11.1. The van der Waals surface area contributed by atoms with Crippen LogP contribution < -0.4 is 5.32 Å². The van der Waals surface area contributed by atoms with Gasteiger partial charge in [-0.3, -0.25) is 4.79 Å². The smallest absolute Gasteiger partial charge is 0.252 e. The number of aromatic nitrogens is 7. The van der Waals surface area contributed by atoms with Crippen molar-refractivity contribution in [3.8, 4) is 5.69 Å². The first-order valence-electron chi connectivity index (χ1n) is 8.63. The Morgan fingerprint density at radius 1 is 1.21 bits per heavy atom. The number of fused-ring (bicyclic) bond motifs is 1. The molecule has 4 rings (SSSR count). The Balaban J connectivity index is 1.53. The van der Waals surface area contributed by atoms with Crippen molar-refractivity contribution in [1.29, 1.82) is 0 Å². The number of hydrogen-bond donors (Lipinski definition) is 1. The summed E-state index contributed by atoms with van der Waals surface area (Å²) in [6.45, 7) is 3.88. The summed E-state index contributed by atoms with van der Waals surface area (Å²) in [6, 6.07) is 5.60. The minimum absolute atomic E-state index is 0.100. The molecule has 0 saturated heterocycles. The van der Waals surface area contributed by atoms with Crippen molar-refractivity contribution in [2.24, 2.45) is 0 Å². The summed E-state index contributed by atoms with van der Waals surface area (Å²) in [7, 11) is 0. The molecular weight excluding hydrogens is 424 g/mol. The number of aryl methyl sites for hydroxylation is 2. The highest BCUT2D eigenvalue weighted by Crippen LogP contribution is 2.24. The predicted octanol–water partition coefficient (Wildman–Crippen LogP) is 2.66. The molecule has 1 N–H and O–H groups in total. The average molecular weight is 441 g/mol. The minimum Gasteiger partial charge on any atom is -0.324 e. The molecule has 10 heteroatoms. The Labute approximate surface area is 169 Å². The lowest BCUT2D eigenvalue weighted by atomic mass is 10.1.